The Labute approximate surface area is 234 Å². The zero-order valence-corrected chi connectivity index (χ0v) is 24.8. The number of nitrogens with one attached hydrogen (secondary N) is 1. The first-order valence-corrected chi connectivity index (χ1v) is 15.5. The van der Waals surface area contributed by atoms with E-state index < -0.39 is 6.09 Å². The summed E-state index contributed by atoms with van der Waals surface area (Å²) in [6.07, 6.45) is 11.4. The van der Waals surface area contributed by atoms with Crippen LogP contribution in [0.3, 0.4) is 0 Å². The van der Waals surface area contributed by atoms with Crippen molar-refractivity contribution in [1.29, 1.82) is 0 Å². The summed E-state index contributed by atoms with van der Waals surface area (Å²) in [6, 6.07) is -0.161. The van der Waals surface area contributed by atoms with E-state index in [1.165, 1.54) is 31.3 Å². The molecule has 5 rings (SSSR count). The first-order chi connectivity index (χ1) is 18.5. The Balaban J connectivity index is 1.24. The van der Waals surface area contributed by atoms with E-state index in [-0.39, 0.29) is 22.7 Å². The van der Waals surface area contributed by atoms with Crippen LogP contribution in [-0.4, -0.2) is 53.9 Å². The molecule has 216 valence electrons. The number of allylic oxidation sites excluding steroid dienone is 1. The minimum Gasteiger partial charge on any atom is -0.307 e. The number of carbonyl (C=O) groups is 3. The molecule has 1 amide bonds. The van der Waals surface area contributed by atoms with E-state index in [2.05, 4.69) is 38.2 Å². The number of hydrogen-bond donors (Lipinski definition) is 1. The van der Waals surface area contributed by atoms with Crippen molar-refractivity contribution in [2.75, 3.05) is 19.6 Å². The monoisotopic (exact) mass is 539 g/mol. The normalized spacial score (nSPS) is 38.3. The number of amides is 1. The highest BCUT2D eigenvalue weighted by atomic mass is 16.7. The molecule has 0 aromatic carbocycles. The van der Waals surface area contributed by atoms with E-state index in [4.69, 9.17) is 4.84 Å². The average molecular weight is 540 g/mol. The SMILES string of the molecule is C/C(=N\OC(=O)N(CCC1NCCC1=O)CC(C)C)[C@H]1CC[C@H]2[C@@H]3CCC4=CC(=O)CC[C@]4(C)[C@H]3CC[C@]12C. The maximum atomic E-state index is 13.1. The predicted octanol–water partition coefficient (Wildman–Crippen LogP) is 5.93. The summed E-state index contributed by atoms with van der Waals surface area (Å²) < 4.78 is 0. The molecule has 0 aromatic heterocycles. The standard InChI is InChI=1S/C32H49N3O4/c1-20(2)19-35(17-13-28-29(37)12-16-33-28)30(38)39-34-21(3)25-8-9-26-24-7-6-22-18-23(36)10-14-31(22,4)27(24)11-15-32(25,26)5/h18,20,24-28,33H,6-17,19H2,1-5H3/b34-21+/t24-,25+,26-,27-,28?,31-,32+/m0/s1. The highest BCUT2D eigenvalue weighted by Gasteiger charge is 2.59. The van der Waals surface area contributed by atoms with E-state index >= 15 is 0 Å². The van der Waals surface area contributed by atoms with Crippen molar-refractivity contribution >= 4 is 23.4 Å². The number of oxime groups is 1. The molecule has 1 unspecified atom stereocenters. The molecule has 1 saturated heterocycles. The second-order valence-corrected chi connectivity index (χ2v) is 14.1. The molecular weight excluding hydrogens is 490 g/mol. The fourth-order valence-corrected chi connectivity index (χ4v) is 9.38. The van der Waals surface area contributed by atoms with Crippen molar-refractivity contribution in [3.8, 4) is 0 Å². The quantitative estimate of drug-likeness (QED) is 0.246. The van der Waals surface area contributed by atoms with Crippen LogP contribution in [0.1, 0.15) is 98.8 Å². The van der Waals surface area contributed by atoms with E-state index in [0.717, 1.165) is 31.5 Å². The van der Waals surface area contributed by atoms with Crippen LogP contribution in [0.2, 0.25) is 0 Å². The molecule has 7 atom stereocenters. The van der Waals surface area contributed by atoms with Gasteiger partial charge in [0.15, 0.2) is 11.6 Å². The first-order valence-electron chi connectivity index (χ1n) is 15.5. The van der Waals surface area contributed by atoms with Crippen molar-refractivity contribution in [1.82, 2.24) is 10.2 Å². The lowest BCUT2D eigenvalue weighted by Gasteiger charge is -2.58. The van der Waals surface area contributed by atoms with E-state index in [0.29, 0.717) is 67.7 Å². The van der Waals surface area contributed by atoms with Crippen molar-refractivity contribution in [3.63, 3.8) is 0 Å². The van der Waals surface area contributed by atoms with Gasteiger partial charge in [-0.1, -0.05) is 38.4 Å². The van der Waals surface area contributed by atoms with Crippen molar-refractivity contribution < 1.29 is 19.2 Å². The Kier molecular flexibility index (Phi) is 8.11. The van der Waals surface area contributed by atoms with E-state index in [9.17, 15) is 14.4 Å². The number of ketones is 2. The highest BCUT2D eigenvalue weighted by Crippen LogP contribution is 2.66. The van der Waals surface area contributed by atoms with Gasteiger partial charge in [-0.15, -0.1) is 0 Å². The molecule has 1 aliphatic heterocycles. The molecule has 5 aliphatic rings. The zero-order valence-electron chi connectivity index (χ0n) is 24.8. The minimum atomic E-state index is -0.414. The molecule has 4 aliphatic carbocycles. The molecule has 3 saturated carbocycles. The topological polar surface area (TPSA) is 88.1 Å². The van der Waals surface area contributed by atoms with Gasteiger partial charge in [0.05, 0.1) is 11.8 Å². The van der Waals surface area contributed by atoms with Crippen LogP contribution in [0.5, 0.6) is 0 Å². The molecular formula is C32H49N3O4. The molecule has 0 bridgehead atoms. The van der Waals surface area contributed by atoms with Gasteiger partial charge in [0.1, 0.15) is 0 Å². The van der Waals surface area contributed by atoms with Gasteiger partial charge in [-0.05, 0) is 98.9 Å². The van der Waals surface area contributed by atoms with Gasteiger partial charge in [-0.3, -0.25) is 14.4 Å². The van der Waals surface area contributed by atoms with Crippen LogP contribution < -0.4 is 5.32 Å². The van der Waals surface area contributed by atoms with Crippen molar-refractivity contribution in [2.24, 2.45) is 45.6 Å². The molecule has 1 N–H and O–H groups in total. The van der Waals surface area contributed by atoms with Gasteiger partial charge >= 0.3 is 6.09 Å². The lowest BCUT2D eigenvalue weighted by molar-refractivity contribution is -0.119. The van der Waals surface area contributed by atoms with Crippen LogP contribution in [0.15, 0.2) is 16.8 Å². The molecule has 4 fully saturated rings. The summed E-state index contributed by atoms with van der Waals surface area (Å²) >= 11 is 0. The lowest BCUT2D eigenvalue weighted by atomic mass is 9.46. The van der Waals surface area contributed by atoms with Gasteiger partial charge in [0.25, 0.3) is 0 Å². The molecule has 0 aromatic rings. The number of carbonyl (C=O) groups excluding carboxylic acids is 3. The van der Waals surface area contributed by atoms with Gasteiger partial charge in [-0.25, -0.2) is 4.79 Å². The Morgan fingerprint density at radius 3 is 2.62 bits per heavy atom. The fourth-order valence-electron chi connectivity index (χ4n) is 9.38. The summed E-state index contributed by atoms with van der Waals surface area (Å²) in [6.45, 7) is 12.9. The first kappa shape index (κ1) is 28.5. The van der Waals surface area contributed by atoms with E-state index in [1.54, 1.807) is 4.90 Å². The van der Waals surface area contributed by atoms with Crippen molar-refractivity contribution in [2.45, 2.75) is 105 Å². The van der Waals surface area contributed by atoms with Crippen LogP contribution in [0.25, 0.3) is 0 Å². The third-order valence-corrected chi connectivity index (χ3v) is 11.4. The molecule has 39 heavy (non-hydrogen) atoms. The third-order valence-electron chi connectivity index (χ3n) is 11.4. The Bertz CT molecular complexity index is 1050. The second-order valence-electron chi connectivity index (χ2n) is 14.1. The number of nitrogens with zero attached hydrogens (tertiary/aromatic N) is 2. The maximum absolute atomic E-state index is 13.1. The maximum Gasteiger partial charge on any atom is 0.435 e. The summed E-state index contributed by atoms with van der Waals surface area (Å²) in [5, 5.41) is 7.69. The number of hydrogen-bond acceptors (Lipinski definition) is 6. The Morgan fingerprint density at radius 1 is 1.10 bits per heavy atom. The van der Waals surface area contributed by atoms with Gasteiger partial charge in [0.2, 0.25) is 0 Å². The summed E-state index contributed by atoms with van der Waals surface area (Å²) in [5.74, 6) is 3.21. The highest BCUT2D eigenvalue weighted by molar-refractivity contribution is 5.91. The summed E-state index contributed by atoms with van der Waals surface area (Å²) in [7, 11) is 0. The summed E-state index contributed by atoms with van der Waals surface area (Å²) in [5.41, 5.74) is 2.72. The van der Waals surface area contributed by atoms with Gasteiger partial charge in [0, 0.05) is 38.4 Å². The van der Waals surface area contributed by atoms with Crippen LogP contribution in [0, 0.1) is 40.4 Å². The summed E-state index contributed by atoms with van der Waals surface area (Å²) in [4.78, 5) is 44.6. The molecule has 0 spiro atoms. The van der Waals surface area contributed by atoms with Crippen LogP contribution in [-0.2, 0) is 14.4 Å². The molecule has 7 heteroatoms. The number of Topliss-reactive ketones (excluding diaryl/α,β-unsaturated/α-hetero) is 1. The number of rotatable bonds is 7. The predicted molar refractivity (Wildman–Crippen MR) is 152 cm³/mol. The van der Waals surface area contributed by atoms with Gasteiger partial charge < -0.3 is 10.2 Å². The van der Waals surface area contributed by atoms with Crippen LogP contribution in [0.4, 0.5) is 4.79 Å². The zero-order chi connectivity index (χ0) is 27.9. The van der Waals surface area contributed by atoms with Crippen molar-refractivity contribution in [3.05, 3.63) is 11.6 Å². The molecule has 0 radical (unpaired) electrons. The fraction of sp³-hybridized carbons (Fsp3) is 0.812. The van der Waals surface area contributed by atoms with Crippen LogP contribution >= 0.6 is 0 Å². The Morgan fingerprint density at radius 2 is 1.90 bits per heavy atom. The number of fused-ring (bicyclic) bond motifs is 5. The van der Waals surface area contributed by atoms with Gasteiger partial charge in [-0.2, -0.15) is 0 Å². The molecule has 7 nitrogen and oxygen atoms in total. The largest absolute Gasteiger partial charge is 0.435 e. The van der Waals surface area contributed by atoms with E-state index in [1.807, 2.05) is 13.0 Å². The minimum absolute atomic E-state index is 0.161. The smallest absolute Gasteiger partial charge is 0.307 e. The third kappa shape index (κ3) is 5.37. The Hall–Kier alpha value is -2.02. The average Bonchev–Trinajstić information content (AvgIpc) is 3.47. The lowest BCUT2D eigenvalue weighted by Crippen LogP contribution is -2.51. The second kappa shape index (κ2) is 11.1. The molecule has 1 heterocycles.